The monoisotopic (exact) mass is 312 g/mol. The zero-order valence-corrected chi connectivity index (χ0v) is 13.5. The molecule has 1 atom stereocenters. The Kier molecular flexibility index (Phi) is 4.91. The van der Waals surface area contributed by atoms with Gasteiger partial charge < -0.3 is 10.4 Å². The van der Waals surface area contributed by atoms with Gasteiger partial charge >= 0.3 is 0 Å². The maximum Gasteiger partial charge on any atom is 0.220 e. The number of aromatic nitrogens is 1. The van der Waals surface area contributed by atoms with Gasteiger partial charge in [0.2, 0.25) is 5.91 Å². The van der Waals surface area contributed by atoms with Crippen LogP contribution in [-0.2, 0) is 4.79 Å². The third-order valence-corrected chi connectivity index (χ3v) is 4.67. The summed E-state index contributed by atoms with van der Waals surface area (Å²) in [6.07, 6.45) is 5.58. The van der Waals surface area contributed by atoms with Crippen molar-refractivity contribution >= 4 is 16.8 Å². The van der Waals surface area contributed by atoms with Crippen molar-refractivity contribution in [2.75, 3.05) is 0 Å². The molecule has 0 aliphatic heterocycles. The Morgan fingerprint density at radius 3 is 2.91 bits per heavy atom. The van der Waals surface area contributed by atoms with Gasteiger partial charge in [0, 0.05) is 18.0 Å². The maximum absolute atomic E-state index is 12.2. The van der Waals surface area contributed by atoms with Crippen LogP contribution in [0.3, 0.4) is 0 Å². The average Bonchev–Trinajstić information content (AvgIpc) is 2.55. The van der Waals surface area contributed by atoms with Crippen LogP contribution in [0.5, 0.6) is 0 Å². The number of carbonyl (C=O) groups is 1. The van der Waals surface area contributed by atoms with Crippen molar-refractivity contribution < 1.29 is 9.90 Å². The highest BCUT2D eigenvalue weighted by Gasteiger charge is 2.35. The number of nitrogens with zero attached hydrogens (tertiary/aromatic N) is 1. The smallest absolute Gasteiger partial charge is 0.220 e. The molecule has 0 bridgehead atoms. The molecule has 1 amide bonds. The van der Waals surface area contributed by atoms with Gasteiger partial charge in [-0.25, -0.2) is 0 Å². The van der Waals surface area contributed by atoms with Crippen molar-refractivity contribution in [2.45, 2.75) is 51.2 Å². The van der Waals surface area contributed by atoms with Crippen molar-refractivity contribution in [1.82, 2.24) is 10.3 Å². The van der Waals surface area contributed by atoms with E-state index < -0.39 is 0 Å². The Morgan fingerprint density at radius 1 is 1.39 bits per heavy atom. The lowest BCUT2D eigenvalue weighted by atomic mass is 9.75. The number of fused-ring (bicyclic) bond motifs is 1. The van der Waals surface area contributed by atoms with Crippen LogP contribution in [0.2, 0.25) is 0 Å². The van der Waals surface area contributed by atoms with Crippen LogP contribution in [-0.4, -0.2) is 22.1 Å². The molecule has 1 aromatic carbocycles. The second-order valence-corrected chi connectivity index (χ2v) is 6.50. The molecule has 1 aliphatic rings. The largest absolute Gasteiger partial charge is 0.393 e. The third-order valence-electron chi connectivity index (χ3n) is 4.67. The Morgan fingerprint density at radius 2 is 2.17 bits per heavy atom. The standard InChI is InChI=1S/C19H24N2O2/c1-2-3-8-18(23)21-19(14-10-16(22)11-14)15-9-13-6-4-5-7-17(13)20-12-15/h4-7,9,12,14,16,19,22H,2-3,8,10-11H2,1H3,(H,21,23)/t14?,16?,19-/m0/s1. The zero-order chi connectivity index (χ0) is 16.2. The lowest BCUT2D eigenvalue weighted by Gasteiger charge is -2.38. The van der Waals surface area contributed by atoms with Crippen LogP contribution < -0.4 is 5.32 Å². The molecule has 122 valence electrons. The number of aliphatic hydroxyl groups excluding tert-OH is 1. The van der Waals surface area contributed by atoms with Gasteiger partial charge in [0.25, 0.3) is 0 Å². The minimum atomic E-state index is -0.233. The van der Waals surface area contributed by atoms with Gasteiger partial charge in [0.15, 0.2) is 0 Å². The van der Waals surface area contributed by atoms with Crippen molar-refractivity contribution in [3.05, 3.63) is 42.1 Å². The quantitative estimate of drug-likeness (QED) is 0.860. The van der Waals surface area contributed by atoms with E-state index in [-0.39, 0.29) is 18.1 Å². The first-order valence-corrected chi connectivity index (χ1v) is 8.49. The Balaban J connectivity index is 1.82. The summed E-state index contributed by atoms with van der Waals surface area (Å²) in [4.78, 5) is 16.7. The summed E-state index contributed by atoms with van der Waals surface area (Å²) in [5.41, 5.74) is 1.99. The number of para-hydroxylation sites is 1. The first kappa shape index (κ1) is 15.9. The molecule has 0 spiro atoms. The van der Waals surface area contributed by atoms with Crippen molar-refractivity contribution in [2.24, 2.45) is 5.92 Å². The molecule has 1 saturated carbocycles. The summed E-state index contributed by atoms with van der Waals surface area (Å²) >= 11 is 0. The third kappa shape index (κ3) is 3.70. The highest BCUT2D eigenvalue weighted by atomic mass is 16.3. The van der Waals surface area contributed by atoms with E-state index in [0.717, 1.165) is 42.1 Å². The van der Waals surface area contributed by atoms with E-state index in [1.54, 1.807) is 0 Å². The van der Waals surface area contributed by atoms with E-state index in [0.29, 0.717) is 12.3 Å². The fourth-order valence-electron chi connectivity index (χ4n) is 3.22. The Hall–Kier alpha value is -1.94. The normalized spacial score (nSPS) is 21.7. The summed E-state index contributed by atoms with van der Waals surface area (Å²) in [5.74, 6) is 0.380. The van der Waals surface area contributed by atoms with Crippen molar-refractivity contribution in [3.8, 4) is 0 Å². The molecule has 1 fully saturated rings. The van der Waals surface area contributed by atoms with Crippen LogP contribution in [0.25, 0.3) is 10.9 Å². The van der Waals surface area contributed by atoms with Gasteiger partial charge in [0.05, 0.1) is 17.7 Å². The van der Waals surface area contributed by atoms with Gasteiger partial charge in [-0.3, -0.25) is 9.78 Å². The van der Waals surface area contributed by atoms with Crippen LogP contribution in [0, 0.1) is 5.92 Å². The highest BCUT2D eigenvalue weighted by Crippen LogP contribution is 2.38. The number of rotatable bonds is 6. The zero-order valence-electron chi connectivity index (χ0n) is 13.5. The molecule has 23 heavy (non-hydrogen) atoms. The first-order valence-electron chi connectivity index (χ1n) is 8.49. The van der Waals surface area contributed by atoms with Crippen LogP contribution in [0.15, 0.2) is 36.5 Å². The summed E-state index contributed by atoms with van der Waals surface area (Å²) in [6, 6.07) is 10.0. The number of aliphatic hydroxyl groups is 1. The molecule has 0 saturated heterocycles. The summed E-state index contributed by atoms with van der Waals surface area (Å²) < 4.78 is 0. The second-order valence-electron chi connectivity index (χ2n) is 6.50. The van der Waals surface area contributed by atoms with Gasteiger partial charge in [0.1, 0.15) is 0 Å². The van der Waals surface area contributed by atoms with Gasteiger partial charge in [-0.1, -0.05) is 31.5 Å². The summed E-state index contributed by atoms with van der Waals surface area (Å²) in [6.45, 7) is 2.08. The van der Waals surface area contributed by atoms with E-state index in [1.165, 1.54) is 0 Å². The highest BCUT2D eigenvalue weighted by molar-refractivity contribution is 5.80. The molecule has 2 N–H and O–H groups in total. The molecule has 1 aromatic heterocycles. The molecule has 2 aromatic rings. The number of hydrogen-bond donors (Lipinski definition) is 2. The van der Waals surface area contributed by atoms with E-state index in [4.69, 9.17) is 0 Å². The van der Waals surface area contributed by atoms with Gasteiger partial charge in [-0.15, -0.1) is 0 Å². The Labute approximate surface area is 136 Å². The molecule has 1 heterocycles. The summed E-state index contributed by atoms with van der Waals surface area (Å²) in [7, 11) is 0. The maximum atomic E-state index is 12.2. The molecule has 0 unspecified atom stereocenters. The van der Waals surface area contributed by atoms with Crippen molar-refractivity contribution in [1.29, 1.82) is 0 Å². The van der Waals surface area contributed by atoms with E-state index in [1.807, 2.05) is 30.5 Å². The molecule has 1 aliphatic carbocycles. The molecule has 0 radical (unpaired) electrons. The minimum Gasteiger partial charge on any atom is -0.393 e. The topological polar surface area (TPSA) is 62.2 Å². The predicted octanol–water partition coefficient (Wildman–Crippen LogP) is 3.35. The number of unbranched alkanes of at least 4 members (excludes halogenated alkanes) is 1. The first-order chi connectivity index (χ1) is 11.2. The second kappa shape index (κ2) is 7.09. The number of pyridine rings is 1. The van der Waals surface area contributed by atoms with Gasteiger partial charge in [-0.2, -0.15) is 0 Å². The van der Waals surface area contributed by atoms with Crippen LogP contribution in [0.1, 0.15) is 50.6 Å². The van der Waals surface area contributed by atoms with E-state index >= 15 is 0 Å². The lowest BCUT2D eigenvalue weighted by molar-refractivity contribution is -0.123. The van der Waals surface area contributed by atoms with Crippen LogP contribution >= 0.6 is 0 Å². The molecular weight excluding hydrogens is 288 g/mol. The average molecular weight is 312 g/mol. The Bertz CT molecular complexity index is 680. The summed E-state index contributed by atoms with van der Waals surface area (Å²) in [5, 5.41) is 13.9. The number of carbonyl (C=O) groups excluding carboxylic acids is 1. The number of benzene rings is 1. The minimum absolute atomic E-state index is 0.0557. The predicted molar refractivity (Wildman–Crippen MR) is 90.9 cm³/mol. The van der Waals surface area contributed by atoms with Crippen molar-refractivity contribution in [3.63, 3.8) is 0 Å². The molecule has 3 rings (SSSR count). The number of hydrogen-bond acceptors (Lipinski definition) is 3. The number of nitrogens with one attached hydrogen (secondary N) is 1. The molecular formula is C19H24N2O2. The van der Waals surface area contributed by atoms with E-state index in [2.05, 4.69) is 23.3 Å². The molecule has 4 nitrogen and oxygen atoms in total. The fourth-order valence-corrected chi connectivity index (χ4v) is 3.22. The van der Waals surface area contributed by atoms with Crippen LogP contribution in [0.4, 0.5) is 0 Å². The van der Waals surface area contributed by atoms with Gasteiger partial charge in [-0.05, 0) is 42.9 Å². The molecule has 4 heteroatoms. The lowest BCUT2D eigenvalue weighted by Crippen LogP contribution is -2.41. The SMILES string of the molecule is CCCCC(=O)N[C@H](c1cnc2ccccc2c1)C1CC(O)C1. The van der Waals surface area contributed by atoms with E-state index in [9.17, 15) is 9.90 Å². The number of amides is 1. The fraction of sp³-hybridized carbons (Fsp3) is 0.474.